The van der Waals surface area contributed by atoms with Gasteiger partial charge in [-0.25, -0.2) is 0 Å². The van der Waals surface area contributed by atoms with Crippen molar-refractivity contribution in [3.05, 3.63) is 30.0 Å². The SMILES string of the molecule is CC(C)OCCCCNC(=O)c1cc2cccc(N)c2[nH]1. The summed E-state index contributed by atoms with van der Waals surface area (Å²) in [6.45, 7) is 5.41. The van der Waals surface area contributed by atoms with Crippen LogP contribution < -0.4 is 11.1 Å². The van der Waals surface area contributed by atoms with Gasteiger partial charge >= 0.3 is 0 Å². The van der Waals surface area contributed by atoms with Crippen molar-refractivity contribution in [2.75, 3.05) is 18.9 Å². The van der Waals surface area contributed by atoms with Crippen LogP contribution in [-0.2, 0) is 4.74 Å². The van der Waals surface area contributed by atoms with Crippen LogP contribution >= 0.6 is 0 Å². The zero-order valence-electron chi connectivity index (χ0n) is 12.6. The summed E-state index contributed by atoms with van der Waals surface area (Å²) in [6.07, 6.45) is 2.11. The number of nitrogen functional groups attached to an aromatic ring is 1. The Bertz CT molecular complexity index is 605. The molecular weight excluding hydrogens is 266 g/mol. The predicted octanol–water partition coefficient (Wildman–Crippen LogP) is 2.69. The van der Waals surface area contributed by atoms with Gasteiger partial charge in [0.25, 0.3) is 5.91 Å². The maximum absolute atomic E-state index is 12.1. The lowest BCUT2D eigenvalue weighted by Crippen LogP contribution is -2.25. The Morgan fingerprint density at radius 3 is 2.90 bits per heavy atom. The van der Waals surface area contributed by atoms with Crippen LogP contribution in [0.2, 0.25) is 0 Å². The number of aromatic nitrogens is 1. The number of amides is 1. The fourth-order valence-corrected chi connectivity index (χ4v) is 2.15. The second kappa shape index (κ2) is 7.13. The number of carbonyl (C=O) groups is 1. The molecule has 0 fully saturated rings. The highest BCUT2D eigenvalue weighted by Gasteiger charge is 2.09. The number of benzene rings is 1. The third-order valence-electron chi connectivity index (χ3n) is 3.24. The smallest absolute Gasteiger partial charge is 0.267 e. The maximum Gasteiger partial charge on any atom is 0.267 e. The molecule has 0 atom stereocenters. The molecule has 1 amide bonds. The third kappa shape index (κ3) is 4.23. The van der Waals surface area contributed by atoms with Crippen molar-refractivity contribution < 1.29 is 9.53 Å². The molecule has 4 N–H and O–H groups in total. The molecule has 2 rings (SSSR count). The second-order valence-electron chi connectivity index (χ2n) is 5.38. The van der Waals surface area contributed by atoms with Crippen LogP contribution in [0.4, 0.5) is 5.69 Å². The molecule has 1 heterocycles. The van der Waals surface area contributed by atoms with Gasteiger partial charge in [0.05, 0.1) is 17.3 Å². The first-order valence-electron chi connectivity index (χ1n) is 7.35. The minimum Gasteiger partial charge on any atom is -0.397 e. The van der Waals surface area contributed by atoms with Crippen LogP contribution in [0, 0.1) is 0 Å². The van der Waals surface area contributed by atoms with E-state index in [-0.39, 0.29) is 12.0 Å². The molecule has 0 unspecified atom stereocenters. The zero-order chi connectivity index (χ0) is 15.2. The average molecular weight is 289 g/mol. The Morgan fingerprint density at radius 2 is 2.19 bits per heavy atom. The van der Waals surface area contributed by atoms with Gasteiger partial charge in [0, 0.05) is 18.5 Å². The van der Waals surface area contributed by atoms with Crippen molar-refractivity contribution in [2.24, 2.45) is 0 Å². The molecule has 0 spiro atoms. The number of H-pyrrole nitrogens is 1. The molecule has 0 aliphatic carbocycles. The number of para-hydroxylation sites is 1. The van der Waals surface area contributed by atoms with Gasteiger partial charge in [-0.3, -0.25) is 4.79 Å². The molecule has 0 bridgehead atoms. The van der Waals surface area contributed by atoms with Crippen LogP contribution in [0.25, 0.3) is 10.9 Å². The van der Waals surface area contributed by atoms with Crippen molar-refractivity contribution >= 4 is 22.5 Å². The van der Waals surface area contributed by atoms with E-state index in [2.05, 4.69) is 10.3 Å². The van der Waals surface area contributed by atoms with Crippen molar-refractivity contribution in [2.45, 2.75) is 32.8 Å². The number of aromatic amines is 1. The summed E-state index contributed by atoms with van der Waals surface area (Å²) in [5.74, 6) is -0.102. The molecule has 1 aromatic carbocycles. The molecule has 2 aromatic rings. The van der Waals surface area contributed by atoms with Gasteiger partial charge in [0.2, 0.25) is 0 Å². The lowest BCUT2D eigenvalue weighted by Gasteiger charge is -2.07. The van der Waals surface area contributed by atoms with Crippen LogP contribution in [-0.4, -0.2) is 30.1 Å². The van der Waals surface area contributed by atoms with Gasteiger partial charge in [0.1, 0.15) is 5.69 Å². The normalized spacial score (nSPS) is 11.2. The van der Waals surface area contributed by atoms with Crippen molar-refractivity contribution in [3.63, 3.8) is 0 Å². The molecule has 21 heavy (non-hydrogen) atoms. The van der Waals surface area contributed by atoms with E-state index in [0.29, 0.717) is 17.9 Å². The summed E-state index contributed by atoms with van der Waals surface area (Å²) in [5.41, 5.74) is 7.88. The average Bonchev–Trinajstić information content (AvgIpc) is 2.87. The largest absolute Gasteiger partial charge is 0.397 e. The van der Waals surface area contributed by atoms with Crippen molar-refractivity contribution in [1.82, 2.24) is 10.3 Å². The Kier molecular flexibility index (Phi) is 5.22. The number of nitrogens with one attached hydrogen (secondary N) is 2. The summed E-state index contributed by atoms with van der Waals surface area (Å²) < 4.78 is 5.45. The molecule has 0 saturated carbocycles. The number of carbonyl (C=O) groups excluding carboxylic acids is 1. The van der Waals surface area contributed by atoms with Gasteiger partial charge in [-0.2, -0.15) is 0 Å². The van der Waals surface area contributed by atoms with E-state index in [1.165, 1.54) is 0 Å². The highest BCUT2D eigenvalue weighted by molar-refractivity contribution is 6.00. The van der Waals surface area contributed by atoms with E-state index < -0.39 is 0 Å². The number of fused-ring (bicyclic) bond motifs is 1. The first-order valence-corrected chi connectivity index (χ1v) is 7.35. The highest BCUT2D eigenvalue weighted by Crippen LogP contribution is 2.20. The minimum atomic E-state index is -0.102. The number of anilines is 1. The lowest BCUT2D eigenvalue weighted by atomic mass is 10.2. The van der Waals surface area contributed by atoms with E-state index in [4.69, 9.17) is 10.5 Å². The quantitative estimate of drug-likeness (QED) is 0.541. The third-order valence-corrected chi connectivity index (χ3v) is 3.24. The summed E-state index contributed by atoms with van der Waals surface area (Å²) in [4.78, 5) is 15.1. The van der Waals surface area contributed by atoms with Gasteiger partial charge in [-0.15, -0.1) is 0 Å². The zero-order valence-corrected chi connectivity index (χ0v) is 12.6. The van der Waals surface area contributed by atoms with E-state index in [1.54, 1.807) is 0 Å². The summed E-state index contributed by atoms with van der Waals surface area (Å²) in [6, 6.07) is 7.45. The number of unbranched alkanes of at least 4 members (excludes halogenated alkanes) is 1. The first-order chi connectivity index (χ1) is 10.1. The van der Waals surface area contributed by atoms with E-state index in [9.17, 15) is 4.79 Å². The fraction of sp³-hybridized carbons (Fsp3) is 0.438. The lowest BCUT2D eigenvalue weighted by molar-refractivity contribution is 0.0754. The summed E-state index contributed by atoms with van der Waals surface area (Å²) in [5, 5.41) is 3.85. The summed E-state index contributed by atoms with van der Waals surface area (Å²) >= 11 is 0. The van der Waals surface area contributed by atoms with Crippen LogP contribution in [0.3, 0.4) is 0 Å². The molecule has 114 valence electrons. The Morgan fingerprint density at radius 1 is 1.38 bits per heavy atom. The standard InChI is InChI=1S/C16H23N3O2/c1-11(2)21-9-4-3-8-18-16(20)14-10-12-6-5-7-13(17)15(12)19-14/h5-7,10-11,19H,3-4,8-9,17H2,1-2H3,(H,18,20). The van der Waals surface area contributed by atoms with Crippen molar-refractivity contribution in [3.8, 4) is 0 Å². The number of hydrogen-bond acceptors (Lipinski definition) is 3. The highest BCUT2D eigenvalue weighted by atomic mass is 16.5. The van der Waals surface area contributed by atoms with Crippen LogP contribution in [0.1, 0.15) is 37.2 Å². The Hall–Kier alpha value is -2.01. The fourth-order valence-electron chi connectivity index (χ4n) is 2.15. The van der Waals surface area contributed by atoms with Gasteiger partial charge in [-0.1, -0.05) is 12.1 Å². The predicted molar refractivity (Wildman–Crippen MR) is 85.4 cm³/mol. The van der Waals surface area contributed by atoms with Crippen molar-refractivity contribution in [1.29, 1.82) is 0 Å². The van der Waals surface area contributed by atoms with E-state index >= 15 is 0 Å². The first kappa shape index (κ1) is 15.4. The molecule has 0 radical (unpaired) electrons. The molecule has 0 aliphatic rings. The van der Waals surface area contributed by atoms with E-state index in [0.717, 1.165) is 30.4 Å². The molecular formula is C16H23N3O2. The topological polar surface area (TPSA) is 80.1 Å². The van der Waals surface area contributed by atoms with Crippen LogP contribution in [0.5, 0.6) is 0 Å². The second-order valence-corrected chi connectivity index (χ2v) is 5.38. The number of hydrogen-bond donors (Lipinski definition) is 3. The number of nitrogens with two attached hydrogens (primary N) is 1. The van der Waals surface area contributed by atoms with Gasteiger partial charge in [-0.05, 0) is 38.8 Å². The van der Waals surface area contributed by atoms with Crippen LogP contribution in [0.15, 0.2) is 24.3 Å². The minimum absolute atomic E-state index is 0.102. The monoisotopic (exact) mass is 289 g/mol. The molecule has 0 aliphatic heterocycles. The Balaban J connectivity index is 1.81. The number of ether oxygens (including phenoxy) is 1. The molecule has 5 heteroatoms. The maximum atomic E-state index is 12.1. The molecule has 5 nitrogen and oxygen atoms in total. The molecule has 0 saturated heterocycles. The van der Waals surface area contributed by atoms with Gasteiger partial charge in [0.15, 0.2) is 0 Å². The Labute approximate surface area is 124 Å². The molecule has 1 aromatic heterocycles. The summed E-state index contributed by atoms with van der Waals surface area (Å²) in [7, 11) is 0. The van der Waals surface area contributed by atoms with Gasteiger partial charge < -0.3 is 20.8 Å². The number of rotatable bonds is 7. The van der Waals surface area contributed by atoms with E-state index in [1.807, 2.05) is 38.1 Å².